The number of urea groups is 1. The van der Waals surface area contributed by atoms with E-state index in [-0.39, 0.29) is 17.9 Å². The van der Waals surface area contributed by atoms with Crippen LogP contribution in [0.4, 0.5) is 4.79 Å². The first kappa shape index (κ1) is 19.3. The van der Waals surface area contributed by atoms with Crippen molar-refractivity contribution in [3.8, 4) is 11.4 Å². The molecule has 0 atom stereocenters. The molecular formula is C22H19N3O5. The third-order valence-corrected chi connectivity index (χ3v) is 4.97. The van der Waals surface area contributed by atoms with Crippen molar-refractivity contribution >= 4 is 23.9 Å². The van der Waals surface area contributed by atoms with Gasteiger partial charge in [-0.2, -0.15) is 0 Å². The van der Waals surface area contributed by atoms with Gasteiger partial charge < -0.3 is 14.1 Å². The molecule has 1 aliphatic heterocycles. The predicted octanol–water partition coefficient (Wildman–Crippen LogP) is 3.05. The highest BCUT2D eigenvalue weighted by molar-refractivity contribution is 6.31. The Labute approximate surface area is 172 Å². The summed E-state index contributed by atoms with van der Waals surface area (Å²) < 4.78 is 7.04. The third kappa shape index (κ3) is 3.28. The lowest BCUT2D eigenvalue weighted by molar-refractivity contribution is -0.130. The minimum atomic E-state index is -0.793. The van der Waals surface area contributed by atoms with Crippen molar-refractivity contribution in [3.63, 3.8) is 0 Å². The molecular weight excluding hydrogens is 386 g/mol. The number of barbiturate groups is 1. The number of aromatic nitrogens is 1. The molecule has 4 amide bonds. The third-order valence-electron chi connectivity index (χ3n) is 4.97. The van der Waals surface area contributed by atoms with Gasteiger partial charge in [-0.3, -0.25) is 19.8 Å². The monoisotopic (exact) mass is 405 g/mol. The molecule has 1 fully saturated rings. The van der Waals surface area contributed by atoms with Gasteiger partial charge in [-0.05, 0) is 55.8 Å². The summed E-state index contributed by atoms with van der Waals surface area (Å²) >= 11 is 0. The molecule has 0 aliphatic carbocycles. The summed E-state index contributed by atoms with van der Waals surface area (Å²) in [6.07, 6.45) is 2.90. The molecule has 0 spiro atoms. The lowest BCUT2D eigenvalue weighted by Crippen LogP contribution is -2.53. The van der Waals surface area contributed by atoms with Crippen LogP contribution in [0.1, 0.15) is 22.7 Å². The number of benzene rings is 1. The summed E-state index contributed by atoms with van der Waals surface area (Å²) in [7, 11) is 0. The van der Waals surface area contributed by atoms with Crippen molar-refractivity contribution in [1.29, 1.82) is 0 Å². The number of nitrogens with zero attached hydrogens (tertiary/aromatic N) is 2. The normalized spacial score (nSPS) is 15.7. The van der Waals surface area contributed by atoms with Crippen molar-refractivity contribution in [2.24, 2.45) is 0 Å². The quantitative estimate of drug-likeness (QED) is 0.513. The minimum Gasteiger partial charge on any atom is -0.506 e. The van der Waals surface area contributed by atoms with Gasteiger partial charge in [-0.15, -0.1) is 0 Å². The Hall–Kier alpha value is -4.07. The molecule has 0 bridgehead atoms. The smallest absolute Gasteiger partial charge is 0.331 e. The number of phenolic OH excluding ortho intramolecular Hbond substituents is 1. The zero-order valence-electron chi connectivity index (χ0n) is 16.4. The fraction of sp³-hybridized carbons (Fsp3) is 0.136. The van der Waals surface area contributed by atoms with E-state index in [2.05, 4.69) is 5.32 Å². The summed E-state index contributed by atoms with van der Waals surface area (Å²) in [5.74, 6) is -0.925. The highest BCUT2D eigenvalue weighted by Gasteiger charge is 2.36. The molecule has 3 heterocycles. The van der Waals surface area contributed by atoms with Gasteiger partial charge in [0.1, 0.15) is 17.1 Å². The first-order chi connectivity index (χ1) is 14.4. The zero-order valence-corrected chi connectivity index (χ0v) is 16.4. The number of aryl methyl sites for hydroxylation is 1. The molecule has 0 unspecified atom stereocenters. The van der Waals surface area contributed by atoms with Crippen LogP contribution in [0.5, 0.6) is 5.75 Å². The number of carbonyl (C=O) groups is 3. The van der Waals surface area contributed by atoms with Crippen LogP contribution in [0, 0.1) is 13.8 Å². The van der Waals surface area contributed by atoms with E-state index >= 15 is 0 Å². The summed E-state index contributed by atoms with van der Waals surface area (Å²) in [6.45, 7) is 3.60. The molecule has 152 valence electrons. The van der Waals surface area contributed by atoms with Crippen molar-refractivity contribution in [3.05, 3.63) is 77.0 Å². The molecule has 30 heavy (non-hydrogen) atoms. The minimum absolute atomic E-state index is 0.0841. The second-order valence-corrected chi connectivity index (χ2v) is 6.94. The predicted molar refractivity (Wildman–Crippen MR) is 108 cm³/mol. The van der Waals surface area contributed by atoms with E-state index in [9.17, 15) is 19.5 Å². The molecule has 1 aliphatic rings. The van der Waals surface area contributed by atoms with Gasteiger partial charge in [0.2, 0.25) is 0 Å². The maximum atomic E-state index is 12.9. The van der Waals surface area contributed by atoms with Crippen LogP contribution in [0.2, 0.25) is 0 Å². The van der Waals surface area contributed by atoms with E-state index < -0.39 is 17.8 Å². The summed E-state index contributed by atoms with van der Waals surface area (Å²) in [5, 5.41) is 12.4. The number of nitrogens with one attached hydrogen (secondary N) is 1. The van der Waals surface area contributed by atoms with Crippen LogP contribution >= 0.6 is 0 Å². The Morgan fingerprint density at radius 3 is 2.57 bits per heavy atom. The second kappa shape index (κ2) is 7.40. The number of rotatable bonds is 4. The van der Waals surface area contributed by atoms with Gasteiger partial charge in [-0.25, -0.2) is 4.79 Å². The van der Waals surface area contributed by atoms with Gasteiger partial charge in [0.25, 0.3) is 11.8 Å². The highest BCUT2D eigenvalue weighted by Crippen LogP contribution is 2.28. The van der Waals surface area contributed by atoms with Crippen LogP contribution in [-0.4, -0.2) is 32.4 Å². The zero-order chi connectivity index (χ0) is 21.4. The second-order valence-electron chi connectivity index (χ2n) is 6.94. The lowest BCUT2D eigenvalue weighted by Gasteiger charge is -2.25. The molecule has 1 saturated heterocycles. The van der Waals surface area contributed by atoms with Crippen molar-refractivity contribution in [2.45, 2.75) is 20.4 Å². The molecule has 8 heteroatoms. The van der Waals surface area contributed by atoms with E-state index in [1.807, 2.05) is 30.5 Å². The van der Waals surface area contributed by atoms with Crippen LogP contribution in [0.3, 0.4) is 0 Å². The number of furan rings is 1. The van der Waals surface area contributed by atoms with Crippen LogP contribution < -0.4 is 5.32 Å². The number of imide groups is 2. The Bertz CT molecular complexity index is 1190. The molecule has 4 rings (SSSR count). The fourth-order valence-corrected chi connectivity index (χ4v) is 3.51. The number of phenols is 1. The number of hydrogen-bond donors (Lipinski definition) is 2. The maximum absolute atomic E-state index is 12.9. The van der Waals surface area contributed by atoms with Crippen LogP contribution in [0.15, 0.2) is 58.7 Å². The molecule has 0 radical (unpaired) electrons. The standard InChI is InChI=1S/C22H19N3O5/c1-13-10-15(14(2)25(13)18-7-3-4-8-19(18)26)11-17-20(27)23-22(29)24(21(17)28)12-16-6-5-9-30-16/h3-11,26H,12H2,1-2H3,(H,23,27,29)/b17-11-. The van der Waals surface area contributed by atoms with Crippen molar-refractivity contribution in [1.82, 2.24) is 14.8 Å². The van der Waals surface area contributed by atoms with Gasteiger partial charge in [-0.1, -0.05) is 12.1 Å². The average Bonchev–Trinajstić information content (AvgIpc) is 3.31. The van der Waals surface area contributed by atoms with Gasteiger partial charge in [0.15, 0.2) is 0 Å². The van der Waals surface area contributed by atoms with Crippen LogP contribution in [-0.2, 0) is 16.1 Å². The number of hydrogen-bond acceptors (Lipinski definition) is 5. The SMILES string of the molecule is Cc1cc(/C=C2/C(=O)NC(=O)N(Cc3ccco3)C2=O)c(C)n1-c1ccccc1O. The maximum Gasteiger partial charge on any atom is 0.331 e. The van der Waals surface area contributed by atoms with Gasteiger partial charge in [0.05, 0.1) is 18.5 Å². The highest BCUT2D eigenvalue weighted by atomic mass is 16.3. The summed E-state index contributed by atoms with van der Waals surface area (Å²) in [6, 6.07) is 11.2. The van der Waals surface area contributed by atoms with E-state index in [1.54, 1.807) is 30.3 Å². The summed E-state index contributed by atoms with van der Waals surface area (Å²) in [4.78, 5) is 38.4. The first-order valence-electron chi connectivity index (χ1n) is 9.25. The number of para-hydroxylation sites is 2. The topological polar surface area (TPSA) is 105 Å². The number of carbonyl (C=O) groups excluding carboxylic acids is 3. The van der Waals surface area contributed by atoms with E-state index in [0.29, 0.717) is 17.0 Å². The molecule has 2 aromatic heterocycles. The van der Waals surface area contributed by atoms with Gasteiger partial charge in [0, 0.05) is 11.4 Å². The Kier molecular flexibility index (Phi) is 4.75. The molecule has 8 nitrogen and oxygen atoms in total. The van der Waals surface area contributed by atoms with Crippen LogP contribution in [0.25, 0.3) is 11.8 Å². The lowest BCUT2D eigenvalue weighted by atomic mass is 10.1. The van der Waals surface area contributed by atoms with Gasteiger partial charge >= 0.3 is 6.03 Å². The Morgan fingerprint density at radius 2 is 1.87 bits per heavy atom. The molecule has 1 aromatic carbocycles. The van der Waals surface area contributed by atoms with Crippen molar-refractivity contribution < 1.29 is 23.9 Å². The number of aromatic hydroxyl groups is 1. The van der Waals surface area contributed by atoms with E-state index in [4.69, 9.17) is 4.42 Å². The first-order valence-corrected chi connectivity index (χ1v) is 9.25. The van der Waals surface area contributed by atoms with E-state index in [0.717, 1.165) is 16.3 Å². The Balaban J connectivity index is 1.72. The molecule has 3 aromatic rings. The van der Waals surface area contributed by atoms with Crippen molar-refractivity contribution in [2.75, 3.05) is 0 Å². The average molecular weight is 405 g/mol. The Morgan fingerprint density at radius 1 is 1.10 bits per heavy atom. The fourth-order valence-electron chi connectivity index (χ4n) is 3.51. The number of amides is 4. The molecule has 2 N–H and O–H groups in total. The largest absolute Gasteiger partial charge is 0.506 e. The summed E-state index contributed by atoms with van der Waals surface area (Å²) in [5.41, 5.74) is 2.61. The molecule has 0 saturated carbocycles. The van der Waals surface area contributed by atoms with E-state index in [1.165, 1.54) is 12.3 Å².